The number of esters is 1. The molecule has 1 heterocycles. The lowest BCUT2D eigenvalue weighted by atomic mass is 10.2. The molecule has 0 bridgehead atoms. The van der Waals surface area contributed by atoms with Crippen molar-refractivity contribution in [2.24, 2.45) is 0 Å². The molecule has 13 heavy (non-hydrogen) atoms. The van der Waals surface area contributed by atoms with E-state index in [0.717, 1.165) is 6.42 Å². The molecule has 0 radical (unpaired) electrons. The molecule has 1 rings (SSSR count). The molecule has 0 atom stereocenters. The Hall–Kier alpha value is -1.35. The minimum absolute atomic E-state index is 0.0720. The van der Waals surface area contributed by atoms with Crippen LogP contribution in [0.25, 0.3) is 0 Å². The van der Waals surface area contributed by atoms with Gasteiger partial charge in [0.1, 0.15) is 5.76 Å². The maximum absolute atomic E-state index is 11.1. The summed E-state index contributed by atoms with van der Waals surface area (Å²) in [4.78, 5) is 11.1. The molecule has 0 fully saturated rings. The molecule has 0 unspecified atom stereocenters. The van der Waals surface area contributed by atoms with Gasteiger partial charge in [-0.25, -0.2) is 4.79 Å². The van der Waals surface area contributed by atoms with E-state index < -0.39 is 0 Å². The first-order chi connectivity index (χ1) is 6.27. The molecular weight excluding hydrogens is 168 g/mol. The van der Waals surface area contributed by atoms with Crippen molar-refractivity contribution in [3.63, 3.8) is 0 Å². The lowest BCUT2D eigenvalue weighted by Gasteiger charge is -1.92. The monoisotopic (exact) mass is 180 g/mol. The van der Waals surface area contributed by atoms with E-state index in [2.05, 4.69) is 0 Å². The number of aliphatic hydroxyl groups is 1. The summed E-state index contributed by atoms with van der Waals surface area (Å²) < 4.78 is 4.91. The highest BCUT2D eigenvalue weighted by Gasteiger charge is 2.17. The number of hydrogen-bond acceptors (Lipinski definition) is 3. The van der Waals surface area contributed by atoms with Crippen molar-refractivity contribution < 1.29 is 14.6 Å². The van der Waals surface area contributed by atoms with E-state index >= 15 is 0 Å². The van der Waals surface area contributed by atoms with Crippen LogP contribution in [-0.4, -0.2) is 17.7 Å². The molecular formula is C10H12O3. The van der Waals surface area contributed by atoms with Crippen LogP contribution in [0.15, 0.2) is 35.6 Å². The van der Waals surface area contributed by atoms with Crippen molar-refractivity contribution >= 4 is 5.97 Å². The van der Waals surface area contributed by atoms with Gasteiger partial charge in [-0.1, -0.05) is 13.0 Å². The van der Waals surface area contributed by atoms with E-state index in [1.54, 1.807) is 12.2 Å². The van der Waals surface area contributed by atoms with Crippen LogP contribution in [0.2, 0.25) is 0 Å². The summed E-state index contributed by atoms with van der Waals surface area (Å²) in [6.45, 7) is 1.90. The van der Waals surface area contributed by atoms with E-state index in [1.807, 2.05) is 13.0 Å². The molecule has 1 aliphatic rings. The molecule has 0 aromatic carbocycles. The number of carbonyl (C=O) groups excluding carboxylic acids is 1. The van der Waals surface area contributed by atoms with Gasteiger partial charge in [-0.05, 0) is 24.6 Å². The number of allylic oxidation sites excluding steroid dienone is 2. The van der Waals surface area contributed by atoms with Gasteiger partial charge < -0.3 is 9.84 Å². The average molecular weight is 180 g/mol. The van der Waals surface area contributed by atoms with E-state index in [1.165, 1.54) is 6.08 Å². The van der Waals surface area contributed by atoms with Crippen molar-refractivity contribution in [1.29, 1.82) is 0 Å². The molecule has 0 aliphatic carbocycles. The fourth-order valence-corrected chi connectivity index (χ4v) is 1.01. The maximum Gasteiger partial charge on any atom is 0.343 e. The van der Waals surface area contributed by atoms with E-state index in [-0.39, 0.29) is 12.6 Å². The number of ether oxygens (including phenoxy) is 1. The topological polar surface area (TPSA) is 46.5 Å². The van der Waals surface area contributed by atoms with Gasteiger partial charge in [0.25, 0.3) is 0 Å². The normalized spacial score (nSPS) is 19.7. The standard InChI is InChI=1S/C10H12O3/c1-2-4-9-7-8(5-3-6-11)10(12)13-9/h3-5,7,11H,2,6H2,1H3/b5-3+,9-4-. The zero-order valence-corrected chi connectivity index (χ0v) is 7.49. The third-order valence-electron chi connectivity index (χ3n) is 1.55. The summed E-state index contributed by atoms with van der Waals surface area (Å²) in [5.41, 5.74) is 0.480. The number of aliphatic hydroxyl groups excluding tert-OH is 1. The first kappa shape index (κ1) is 9.74. The van der Waals surface area contributed by atoms with Crippen LogP contribution in [0, 0.1) is 0 Å². The Morgan fingerprint density at radius 3 is 3.00 bits per heavy atom. The molecule has 3 nitrogen and oxygen atoms in total. The Bertz CT molecular complexity index is 285. The molecule has 0 amide bonds. The molecule has 0 spiro atoms. The molecule has 0 saturated heterocycles. The summed E-state index contributed by atoms with van der Waals surface area (Å²) in [7, 11) is 0. The van der Waals surface area contributed by atoms with Crippen molar-refractivity contribution in [3.8, 4) is 0 Å². The molecule has 1 N–H and O–H groups in total. The quantitative estimate of drug-likeness (QED) is 0.666. The first-order valence-electron chi connectivity index (χ1n) is 4.19. The third-order valence-corrected chi connectivity index (χ3v) is 1.55. The van der Waals surface area contributed by atoms with Crippen molar-refractivity contribution in [3.05, 3.63) is 35.6 Å². The van der Waals surface area contributed by atoms with Crippen LogP contribution < -0.4 is 0 Å². The van der Waals surface area contributed by atoms with Gasteiger partial charge in [0.15, 0.2) is 0 Å². The fraction of sp³-hybridized carbons (Fsp3) is 0.300. The van der Waals surface area contributed by atoms with E-state index in [9.17, 15) is 4.79 Å². The highest BCUT2D eigenvalue weighted by molar-refractivity contribution is 5.95. The van der Waals surface area contributed by atoms with Crippen LogP contribution in [0.1, 0.15) is 13.3 Å². The Balaban J connectivity index is 2.74. The van der Waals surface area contributed by atoms with Gasteiger partial charge in [0.2, 0.25) is 0 Å². The second-order valence-electron chi connectivity index (χ2n) is 2.59. The van der Waals surface area contributed by atoms with Crippen LogP contribution >= 0.6 is 0 Å². The lowest BCUT2D eigenvalue weighted by molar-refractivity contribution is -0.132. The SMILES string of the molecule is CC/C=C1C=C(/C=C/CO)C(=O)O/1. The molecule has 3 heteroatoms. The van der Waals surface area contributed by atoms with E-state index in [0.29, 0.717) is 11.3 Å². The summed E-state index contributed by atoms with van der Waals surface area (Å²) in [6.07, 6.45) is 7.38. The zero-order valence-electron chi connectivity index (χ0n) is 7.49. The Morgan fingerprint density at radius 2 is 2.38 bits per heavy atom. The summed E-state index contributed by atoms with van der Waals surface area (Å²) in [6, 6.07) is 0. The summed E-state index contributed by atoms with van der Waals surface area (Å²) in [5, 5.41) is 8.50. The Morgan fingerprint density at radius 1 is 1.62 bits per heavy atom. The second kappa shape index (κ2) is 4.62. The number of cyclic esters (lactones) is 1. The summed E-state index contributed by atoms with van der Waals surface area (Å²) >= 11 is 0. The largest absolute Gasteiger partial charge is 0.423 e. The van der Waals surface area contributed by atoms with Crippen LogP contribution in [-0.2, 0) is 9.53 Å². The molecule has 0 saturated carbocycles. The number of carbonyl (C=O) groups is 1. The Labute approximate surface area is 77.0 Å². The molecule has 1 aliphatic heterocycles. The van der Waals surface area contributed by atoms with Crippen LogP contribution in [0.3, 0.4) is 0 Å². The van der Waals surface area contributed by atoms with Crippen LogP contribution in [0.5, 0.6) is 0 Å². The lowest BCUT2D eigenvalue weighted by Crippen LogP contribution is -1.96. The second-order valence-corrected chi connectivity index (χ2v) is 2.59. The molecule has 0 aromatic rings. The van der Waals surface area contributed by atoms with Crippen molar-refractivity contribution in [2.45, 2.75) is 13.3 Å². The predicted molar refractivity (Wildman–Crippen MR) is 48.8 cm³/mol. The molecule has 0 aromatic heterocycles. The van der Waals surface area contributed by atoms with E-state index in [4.69, 9.17) is 9.84 Å². The smallest absolute Gasteiger partial charge is 0.343 e. The first-order valence-corrected chi connectivity index (χ1v) is 4.19. The number of rotatable bonds is 3. The summed E-state index contributed by atoms with van der Waals surface area (Å²) in [5.74, 6) is 0.231. The van der Waals surface area contributed by atoms with Gasteiger partial charge in [-0.2, -0.15) is 0 Å². The van der Waals surface area contributed by atoms with Crippen molar-refractivity contribution in [2.75, 3.05) is 6.61 Å². The zero-order chi connectivity index (χ0) is 9.68. The van der Waals surface area contributed by atoms with Crippen molar-refractivity contribution in [1.82, 2.24) is 0 Å². The average Bonchev–Trinajstić information content (AvgIpc) is 2.44. The van der Waals surface area contributed by atoms with Gasteiger partial charge >= 0.3 is 5.97 Å². The third kappa shape index (κ3) is 2.56. The Kier molecular flexibility index (Phi) is 3.46. The van der Waals surface area contributed by atoms with Crippen LogP contribution in [0.4, 0.5) is 0 Å². The van der Waals surface area contributed by atoms with Gasteiger partial charge in [-0.3, -0.25) is 0 Å². The highest BCUT2D eigenvalue weighted by atomic mass is 16.5. The predicted octanol–water partition coefficient (Wildman–Crippen LogP) is 1.31. The fourth-order valence-electron chi connectivity index (χ4n) is 1.01. The number of hydrogen-bond donors (Lipinski definition) is 1. The minimum Gasteiger partial charge on any atom is -0.423 e. The van der Waals surface area contributed by atoms with Gasteiger partial charge in [0.05, 0.1) is 12.2 Å². The maximum atomic E-state index is 11.1. The molecule has 70 valence electrons. The minimum atomic E-state index is -0.357. The van der Waals surface area contributed by atoms with Gasteiger partial charge in [0, 0.05) is 0 Å². The highest BCUT2D eigenvalue weighted by Crippen LogP contribution is 2.18. The van der Waals surface area contributed by atoms with Gasteiger partial charge in [-0.15, -0.1) is 0 Å².